The Balaban J connectivity index is 1.54. The first-order valence-corrected chi connectivity index (χ1v) is 7.31. The van der Waals surface area contributed by atoms with Crippen LogP contribution in [-0.2, 0) is 19.5 Å². The lowest BCUT2D eigenvalue weighted by Crippen LogP contribution is -2.31. The smallest absolute Gasteiger partial charge is 0.108 e. The van der Waals surface area contributed by atoms with Crippen LogP contribution in [0.5, 0.6) is 0 Å². The quantitative estimate of drug-likeness (QED) is 0.854. The molecule has 0 aliphatic carbocycles. The highest BCUT2D eigenvalue weighted by Crippen LogP contribution is 2.19. The van der Waals surface area contributed by atoms with E-state index < -0.39 is 0 Å². The molecule has 20 heavy (non-hydrogen) atoms. The molecule has 4 heteroatoms. The summed E-state index contributed by atoms with van der Waals surface area (Å²) in [6.07, 6.45) is 8.30. The standard InChI is InChI=1S/C16H22N4/c1-13-3-5-15(18-9-13)12-19(2)10-14-4-6-16-17-7-8-20(16)11-14/h3,5,7-9,14H,4,6,10-12H2,1-2H3. The van der Waals surface area contributed by atoms with E-state index in [2.05, 4.69) is 51.7 Å². The summed E-state index contributed by atoms with van der Waals surface area (Å²) >= 11 is 0. The number of imidazole rings is 1. The lowest BCUT2D eigenvalue weighted by atomic mass is 9.99. The summed E-state index contributed by atoms with van der Waals surface area (Å²) in [5.74, 6) is 1.95. The monoisotopic (exact) mass is 270 g/mol. The molecule has 1 atom stereocenters. The second-order valence-electron chi connectivity index (χ2n) is 5.92. The van der Waals surface area contributed by atoms with Crippen molar-refractivity contribution in [3.63, 3.8) is 0 Å². The Morgan fingerprint density at radius 3 is 3.05 bits per heavy atom. The fourth-order valence-electron chi connectivity index (χ4n) is 2.96. The fourth-order valence-corrected chi connectivity index (χ4v) is 2.96. The summed E-state index contributed by atoms with van der Waals surface area (Å²) in [5, 5.41) is 0. The van der Waals surface area contributed by atoms with E-state index in [9.17, 15) is 0 Å². The van der Waals surface area contributed by atoms with Gasteiger partial charge in [0.05, 0.1) is 5.69 Å². The average molecular weight is 270 g/mol. The summed E-state index contributed by atoms with van der Waals surface area (Å²) < 4.78 is 2.30. The molecule has 1 aliphatic heterocycles. The molecule has 0 spiro atoms. The number of hydrogen-bond acceptors (Lipinski definition) is 3. The number of aromatic nitrogens is 3. The van der Waals surface area contributed by atoms with E-state index in [1.807, 2.05) is 12.4 Å². The van der Waals surface area contributed by atoms with Crippen molar-refractivity contribution in [2.45, 2.75) is 32.9 Å². The van der Waals surface area contributed by atoms with Gasteiger partial charge in [0.2, 0.25) is 0 Å². The minimum Gasteiger partial charge on any atom is -0.335 e. The molecule has 0 saturated carbocycles. The van der Waals surface area contributed by atoms with E-state index in [1.54, 1.807) is 0 Å². The van der Waals surface area contributed by atoms with Crippen LogP contribution < -0.4 is 0 Å². The van der Waals surface area contributed by atoms with E-state index in [4.69, 9.17) is 0 Å². The summed E-state index contributed by atoms with van der Waals surface area (Å²) in [6.45, 7) is 5.22. The van der Waals surface area contributed by atoms with Crippen LogP contribution in [0.1, 0.15) is 23.5 Å². The molecule has 0 aromatic carbocycles. The molecule has 106 valence electrons. The number of aryl methyl sites for hydroxylation is 2. The van der Waals surface area contributed by atoms with Crippen molar-refractivity contribution in [3.8, 4) is 0 Å². The predicted molar refractivity (Wildman–Crippen MR) is 79.3 cm³/mol. The van der Waals surface area contributed by atoms with Crippen LogP contribution in [0.15, 0.2) is 30.7 Å². The highest BCUT2D eigenvalue weighted by molar-refractivity contribution is 5.12. The van der Waals surface area contributed by atoms with Crippen molar-refractivity contribution in [3.05, 3.63) is 47.8 Å². The van der Waals surface area contributed by atoms with Crippen LogP contribution in [0.3, 0.4) is 0 Å². The van der Waals surface area contributed by atoms with E-state index in [0.717, 1.165) is 31.7 Å². The molecule has 1 aliphatic rings. The lowest BCUT2D eigenvalue weighted by molar-refractivity contribution is 0.227. The second-order valence-corrected chi connectivity index (χ2v) is 5.92. The molecule has 0 fully saturated rings. The zero-order valence-electron chi connectivity index (χ0n) is 12.3. The average Bonchev–Trinajstić information content (AvgIpc) is 2.89. The lowest BCUT2D eigenvalue weighted by Gasteiger charge is -2.28. The molecule has 0 radical (unpaired) electrons. The Kier molecular flexibility index (Phi) is 3.83. The van der Waals surface area contributed by atoms with Gasteiger partial charge < -0.3 is 9.47 Å². The summed E-state index contributed by atoms with van der Waals surface area (Å²) in [7, 11) is 2.19. The van der Waals surface area contributed by atoms with Gasteiger partial charge in [-0.15, -0.1) is 0 Å². The molecule has 3 rings (SSSR count). The van der Waals surface area contributed by atoms with Crippen molar-refractivity contribution in [2.75, 3.05) is 13.6 Å². The van der Waals surface area contributed by atoms with Gasteiger partial charge in [0.15, 0.2) is 0 Å². The second kappa shape index (κ2) is 5.75. The molecule has 2 aromatic heterocycles. The van der Waals surface area contributed by atoms with Crippen molar-refractivity contribution in [2.24, 2.45) is 5.92 Å². The third kappa shape index (κ3) is 3.07. The van der Waals surface area contributed by atoms with Gasteiger partial charge >= 0.3 is 0 Å². The van der Waals surface area contributed by atoms with E-state index >= 15 is 0 Å². The van der Waals surface area contributed by atoms with Gasteiger partial charge in [0.1, 0.15) is 5.82 Å². The maximum atomic E-state index is 4.48. The van der Waals surface area contributed by atoms with Gasteiger partial charge in [0.25, 0.3) is 0 Å². The Morgan fingerprint density at radius 1 is 1.35 bits per heavy atom. The largest absolute Gasteiger partial charge is 0.335 e. The minimum absolute atomic E-state index is 0.715. The molecular weight excluding hydrogens is 248 g/mol. The molecule has 0 amide bonds. The Labute approximate surface area is 120 Å². The third-order valence-electron chi connectivity index (χ3n) is 4.01. The molecule has 0 N–H and O–H groups in total. The van der Waals surface area contributed by atoms with Gasteiger partial charge in [-0.2, -0.15) is 0 Å². The number of nitrogens with zero attached hydrogens (tertiary/aromatic N) is 4. The zero-order chi connectivity index (χ0) is 13.9. The third-order valence-corrected chi connectivity index (χ3v) is 4.01. The van der Waals surface area contributed by atoms with Crippen molar-refractivity contribution in [1.82, 2.24) is 19.4 Å². The Bertz CT molecular complexity index is 558. The highest BCUT2D eigenvalue weighted by Gasteiger charge is 2.20. The first-order valence-electron chi connectivity index (χ1n) is 7.31. The predicted octanol–water partition coefficient (Wildman–Crippen LogP) is 2.28. The normalized spacial score (nSPS) is 18.2. The Morgan fingerprint density at radius 2 is 2.25 bits per heavy atom. The molecule has 0 bridgehead atoms. The van der Waals surface area contributed by atoms with Crippen LogP contribution in [0.4, 0.5) is 0 Å². The van der Waals surface area contributed by atoms with Gasteiger partial charge in [-0.25, -0.2) is 4.98 Å². The van der Waals surface area contributed by atoms with E-state index in [1.165, 1.54) is 17.8 Å². The summed E-state index contributed by atoms with van der Waals surface area (Å²) in [6, 6.07) is 4.26. The molecule has 4 nitrogen and oxygen atoms in total. The Hall–Kier alpha value is -1.68. The first kappa shape index (κ1) is 13.3. The van der Waals surface area contributed by atoms with Gasteiger partial charge in [-0.3, -0.25) is 4.98 Å². The van der Waals surface area contributed by atoms with Crippen molar-refractivity contribution >= 4 is 0 Å². The van der Waals surface area contributed by atoms with Crippen molar-refractivity contribution < 1.29 is 0 Å². The number of hydrogen-bond donors (Lipinski definition) is 0. The molecular formula is C16H22N4. The first-order chi connectivity index (χ1) is 9.70. The molecule has 2 aromatic rings. The maximum absolute atomic E-state index is 4.48. The van der Waals surface area contributed by atoms with E-state index in [0.29, 0.717) is 5.92 Å². The molecule has 3 heterocycles. The maximum Gasteiger partial charge on any atom is 0.108 e. The van der Waals surface area contributed by atoms with Crippen LogP contribution >= 0.6 is 0 Å². The topological polar surface area (TPSA) is 34.0 Å². The van der Waals surface area contributed by atoms with Crippen LogP contribution in [-0.4, -0.2) is 33.0 Å². The highest BCUT2D eigenvalue weighted by atomic mass is 15.1. The number of fused-ring (bicyclic) bond motifs is 1. The summed E-state index contributed by atoms with van der Waals surface area (Å²) in [4.78, 5) is 11.2. The van der Waals surface area contributed by atoms with Crippen LogP contribution in [0.2, 0.25) is 0 Å². The number of pyridine rings is 1. The zero-order valence-corrected chi connectivity index (χ0v) is 12.3. The minimum atomic E-state index is 0.715. The van der Waals surface area contributed by atoms with Crippen LogP contribution in [0, 0.1) is 12.8 Å². The van der Waals surface area contributed by atoms with Gasteiger partial charge in [-0.1, -0.05) is 6.07 Å². The molecule has 1 unspecified atom stereocenters. The van der Waals surface area contributed by atoms with Gasteiger partial charge in [-0.05, 0) is 37.9 Å². The molecule has 0 saturated heterocycles. The van der Waals surface area contributed by atoms with E-state index in [-0.39, 0.29) is 0 Å². The number of rotatable bonds is 4. The fraction of sp³-hybridized carbons (Fsp3) is 0.500. The SMILES string of the molecule is Cc1ccc(CN(C)CC2CCc3nccn3C2)nc1. The van der Waals surface area contributed by atoms with Crippen LogP contribution in [0.25, 0.3) is 0 Å². The van der Waals surface area contributed by atoms with Gasteiger partial charge in [0, 0.05) is 44.6 Å². The summed E-state index contributed by atoms with van der Waals surface area (Å²) in [5.41, 5.74) is 2.37. The van der Waals surface area contributed by atoms with Crippen molar-refractivity contribution in [1.29, 1.82) is 0 Å².